The summed E-state index contributed by atoms with van der Waals surface area (Å²) in [6, 6.07) is 7.72. The quantitative estimate of drug-likeness (QED) is 0.781. The molecule has 0 bridgehead atoms. The Morgan fingerprint density at radius 1 is 1.16 bits per heavy atom. The molecule has 5 heteroatoms. The predicted molar refractivity (Wildman–Crippen MR) is 70.3 cm³/mol. The second kappa shape index (κ2) is 5.95. The van der Waals surface area contributed by atoms with E-state index in [1.165, 1.54) is 0 Å². The van der Waals surface area contributed by atoms with E-state index in [0.29, 0.717) is 0 Å². The van der Waals surface area contributed by atoms with Crippen molar-refractivity contribution in [2.45, 2.75) is 19.4 Å². The number of nitrogens with zero attached hydrogens (tertiary/aromatic N) is 2. The van der Waals surface area contributed by atoms with Crippen LogP contribution in [0.4, 0.5) is 0 Å². The van der Waals surface area contributed by atoms with Crippen LogP contribution in [0.5, 0.6) is 0 Å². The minimum atomic E-state index is -0.582. The standard InChI is InChI=1S/C14H15N3O2/c15-14(19)8-13(18)7-11-1-3-12(4-2-11)9-17-6-5-16-10-17/h1-6,10H,7-9H2,(H2,15,19). The number of nitrogens with two attached hydrogens (primary N) is 1. The molecule has 0 atom stereocenters. The van der Waals surface area contributed by atoms with Gasteiger partial charge in [-0.3, -0.25) is 9.59 Å². The molecule has 5 nitrogen and oxygen atoms in total. The molecule has 2 N–H and O–H groups in total. The molecule has 0 radical (unpaired) electrons. The molecular formula is C14H15N3O2. The lowest BCUT2D eigenvalue weighted by molar-refractivity contribution is -0.126. The van der Waals surface area contributed by atoms with E-state index in [9.17, 15) is 9.59 Å². The Hall–Kier alpha value is -2.43. The Morgan fingerprint density at radius 3 is 2.42 bits per heavy atom. The third-order valence-electron chi connectivity index (χ3n) is 2.72. The third kappa shape index (κ3) is 4.06. The first-order valence-corrected chi connectivity index (χ1v) is 5.97. The van der Waals surface area contributed by atoms with E-state index in [1.54, 1.807) is 12.5 Å². The van der Waals surface area contributed by atoms with Crippen molar-refractivity contribution in [1.29, 1.82) is 0 Å². The summed E-state index contributed by atoms with van der Waals surface area (Å²) < 4.78 is 1.97. The number of hydrogen-bond acceptors (Lipinski definition) is 3. The predicted octanol–water partition coefficient (Wildman–Crippen LogP) is 0.918. The van der Waals surface area contributed by atoms with Crippen molar-refractivity contribution in [3.8, 4) is 0 Å². The highest BCUT2D eigenvalue weighted by molar-refractivity contribution is 5.98. The topological polar surface area (TPSA) is 78.0 Å². The second-order valence-electron chi connectivity index (χ2n) is 4.41. The van der Waals surface area contributed by atoms with Crippen molar-refractivity contribution >= 4 is 11.7 Å². The van der Waals surface area contributed by atoms with Gasteiger partial charge in [-0.2, -0.15) is 0 Å². The fourth-order valence-corrected chi connectivity index (χ4v) is 1.84. The average Bonchev–Trinajstić information content (AvgIpc) is 2.83. The Labute approximate surface area is 111 Å². The first kappa shape index (κ1) is 13.0. The van der Waals surface area contributed by atoms with Crippen LogP contribution in [0.15, 0.2) is 43.0 Å². The van der Waals surface area contributed by atoms with Crippen molar-refractivity contribution in [2.75, 3.05) is 0 Å². The number of carbonyl (C=O) groups excluding carboxylic acids is 2. The van der Waals surface area contributed by atoms with E-state index in [-0.39, 0.29) is 18.6 Å². The zero-order valence-corrected chi connectivity index (χ0v) is 10.5. The van der Waals surface area contributed by atoms with Crippen LogP contribution in [0.25, 0.3) is 0 Å². The fraction of sp³-hybridized carbons (Fsp3) is 0.214. The normalized spacial score (nSPS) is 10.3. The van der Waals surface area contributed by atoms with Crippen LogP contribution >= 0.6 is 0 Å². The van der Waals surface area contributed by atoms with Gasteiger partial charge in [-0.1, -0.05) is 24.3 Å². The number of primary amides is 1. The molecule has 2 aromatic rings. The van der Waals surface area contributed by atoms with Gasteiger partial charge in [-0.15, -0.1) is 0 Å². The summed E-state index contributed by atoms with van der Waals surface area (Å²) in [5.41, 5.74) is 7.00. The molecule has 0 aliphatic rings. The number of benzene rings is 1. The molecule has 0 spiro atoms. The Bertz CT molecular complexity index is 559. The summed E-state index contributed by atoms with van der Waals surface area (Å²) in [5.74, 6) is -0.739. The molecule has 1 aromatic carbocycles. The van der Waals surface area contributed by atoms with E-state index in [4.69, 9.17) is 5.73 Å². The van der Waals surface area contributed by atoms with Crippen LogP contribution in [-0.2, 0) is 22.6 Å². The SMILES string of the molecule is NC(=O)CC(=O)Cc1ccc(Cn2ccnc2)cc1. The highest BCUT2D eigenvalue weighted by Gasteiger charge is 2.07. The minimum absolute atomic E-state index is 0.158. The highest BCUT2D eigenvalue weighted by Crippen LogP contribution is 2.08. The maximum atomic E-state index is 11.5. The van der Waals surface area contributed by atoms with Gasteiger partial charge in [0.1, 0.15) is 5.78 Å². The van der Waals surface area contributed by atoms with Gasteiger partial charge in [0.15, 0.2) is 0 Å². The second-order valence-corrected chi connectivity index (χ2v) is 4.41. The molecule has 0 saturated carbocycles. The van der Waals surface area contributed by atoms with Gasteiger partial charge in [0, 0.05) is 25.4 Å². The van der Waals surface area contributed by atoms with E-state index >= 15 is 0 Å². The lowest BCUT2D eigenvalue weighted by atomic mass is 10.0. The average molecular weight is 257 g/mol. The summed E-state index contributed by atoms with van der Waals surface area (Å²) in [7, 11) is 0. The van der Waals surface area contributed by atoms with E-state index in [0.717, 1.165) is 17.7 Å². The van der Waals surface area contributed by atoms with Crippen LogP contribution in [0, 0.1) is 0 Å². The van der Waals surface area contributed by atoms with E-state index < -0.39 is 5.91 Å². The molecule has 0 aliphatic heterocycles. The lowest BCUT2D eigenvalue weighted by Gasteiger charge is -2.04. The van der Waals surface area contributed by atoms with Gasteiger partial charge in [0.25, 0.3) is 0 Å². The van der Waals surface area contributed by atoms with Crippen molar-refractivity contribution in [3.63, 3.8) is 0 Å². The highest BCUT2D eigenvalue weighted by atomic mass is 16.2. The number of amides is 1. The maximum Gasteiger partial charge on any atom is 0.224 e. The van der Waals surface area contributed by atoms with Crippen LogP contribution in [0.1, 0.15) is 17.5 Å². The van der Waals surface area contributed by atoms with Crippen LogP contribution in [-0.4, -0.2) is 21.2 Å². The van der Waals surface area contributed by atoms with E-state index in [1.807, 2.05) is 35.0 Å². The van der Waals surface area contributed by atoms with Crippen LogP contribution in [0.3, 0.4) is 0 Å². The molecule has 0 saturated heterocycles. The van der Waals surface area contributed by atoms with Gasteiger partial charge in [-0.25, -0.2) is 4.98 Å². The molecule has 1 amide bonds. The van der Waals surface area contributed by atoms with Gasteiger partial charge in [0.2, 0.25) is 5.91 Å². The van der Waals surface area contributed by atoms with Crippen LogP contribution in [0.2, 0.25) is 0 Å². The molecular weight excluding hydrogens is 242 g/mol. The smallest absolute Gasteiger partial charge is 0.224 e. The van der Waals surface area contributed by atoms with Crippen molar-refractivity contribution in [1.82, 2.24) is 9.55 Å². The number of ketones is 1. The summed E-state index contributed by atoms with van der Waals surface area (Å²) in [6.07, 6.45) is 5.43. The minimum Gasteiger partial charge on any atom is -0.369 e. The molecule has 2 rings (SSSR count). The van der Waals surface area contributed by atoms with Crippen molar-refractivity contribution < 1.29 is 9.59 Å². The zero-order valence-electron chi connectivity index (χ0n) is 10.5. The van der Waals surface area contributed by atoms with Gasteiger partial charge >= 0.3 is 0 Å². The summed E-state index contributed by atoms with van der Waals surface area (Å²) in [4.78, 5) is 26.1. The first-order chi connectivity index (χ1) is 9.13. The molecule has 19 heavy (non-hydrogen) atoms. The van der Waals surface area contributed by atoms with Crippen molar-refractivity contribution in [2.24, 2.45) is 5.73 Å². The van der Waals surface area contributed by atoms with Gasteiger partial charge < -0.3 is 10.3 Å². The number of Topliss-reactive ketones (excluding diaryl/α,β-unsaturated/α-hetero) is 1. The zero-order chi connectivity index (χ0) is 13.7. The summed E-state index contributed by atoms with van der Waals surface area (Å²) >= 11 is 0. The van der Waals surface area contributed by atoms with Crippen LogP contribution < -0.4 is 5.73 Å². The molecule has 0 fully saturated rings. The molecule has 0 unspecified atom stereocenters. The fourth-order valence-electron chi connectivity index (χ4n) is 1.84. The Balaban J connectivity index is 1.94. The number of rotatable bonds is 6. The summed E-state index contributed by atoms with van der Waals surface area (Å²) in [5, 5.41) is 0. The van der Waals surface area contributed by atoms with Crippen molar-refractivity contribution in [3.05, 3.63) is 54.1 Å². The molecule has 98 valence electrons. The number of carbonyl (C=O) groups is 2. The number of aromatic nitrogens is 2. The first-order valence-electron chi connectivity index (χ1n) is 5.97. The lowest BCUT2D eigenvalue weighted by Crippen LogP contribution is -2.17. The largest absolute Gasteiger partial charge is 0.369 e. The summed E-state index contributed by atoms with van der Waals surface area (Å²) in [6.45, 7) is 0.746. The maximum absolute atomic E-state index is 11.5. The monoisotopic (exact) mass is 257 g/mol. The number of imidazole rings is 1. The van der Waals surface area contributed by atoms with Gasteiger partial charge in [0.05, 0.1) is 12.7 Å². The number of hydrogen-bond donors (Lipinski definition) is 1. The third-order valence-corrected chi connectivity index (χ3v) is 2.72. The Kier molecular flexibility index (Phi) is 4.07. The van der Waals surface area contributed by atoms with E-state index in [2.05, 4.69) is 4.98 Å². The molecule has 1 aromatic heterocycles. The molecule has 0 aliphatic carbocycles. The Morgan fingerprint density at radius 2 is 1.84 bits per heavy atom. The molecule has 1 heterocycles. The van der Waals surface area contributed by atoms with Gasteiger partial charge in [-0.05, 0) is 11.1 Å².